The lowest BCUT2D eigenvalue weighted by Crippen LogP contribution is -1.94. The molecule has 0 radical (unpaired) electrons. The van der Waals surface area contributed by atoms with Gasteiger partial charge in [0.15, 0.2) is 0 Å². The summed E-state index contributed by atoms with van der Waals surface area (Å²) in [5, 5.41) is 0.612. The van der Waals surface area contributed by atoms with Gasteiger partial charge >= 0.3 is 0 Å². The number of rotatable bonds is 5. The summed E-state index contributed by atoms with van der Waals surface area (Å²) in [5.41, 5.74) is 3.37. The van der Waals surface area contributed by atoms with Crippen molar-refractivity contribution >= 4 is 17.8 Å². The number of benzene rings is 3. The highest BCUT2D eigenvalue weighted by molar-refractivity contribution is 6.33. The molecule has 1 aromatic heterocycles. The van der Waals surface area contributed by atoms with Crippen LogP contribution in [0.15, 0.2) is 82.5 Å². The van der Waals surface area contributed by atoms with Gasteiger partial charge in [0.2, 0.25) is 5.89 Å². The van der Waals surface area contributed by atoms with Crippen LogP contribution in [-0.2, 0) is 6.54 Å². The van der Waals surface area contributed by atoms with Crippen molar-refractivity contribution in [1.82, 2.24) is 4.98 Å². The van der Waals surface area contributed by atoms with E-state index >= 15 is 0 Å². The van der Waals surface area contributed by atoms with E-state index in [4.69, 9.17) is 16.0 Å². The quantitative estimate of drug-likeness (QED) is 0.351. The van der Waals surface area contributed by atoms with Crippen LogP contribution in [0.3, 0.4) is 0 Å². The van der Waals surface area contributed by atoms with E-state index in [1.165, 1.54) is 30.7 Å². The first-order chi connectivity index (χ1) is 14.1. The molecule has 0 atom stereocenters. The van der Waals surface area contributed by atoms with E-state index in [1.54, 1.807) is 12.3 Å². The second-order valence-corrected chi connectivity index (χ2v) is 6.74. The van der Waals surface area contributed by atoms with Crippen molar-refractivity contribution in [3.63, 3.8) is 0 Å². The highest BCUT2D eigenvalue weighted by Gasteiger charge is 2.09. The summed E-state index contributed by atoms with van der Waals surface area (Å²) in [6.45, 7) is 0.304. The number of halogens is 3. The molecule has 0 aliphatic rings. The lowest BCUT2D eigenvalue weighted by Gasteiger charge is -2.07. The minimum absolute atomic E-state index is 0.140. The van der Waals surface area contributed by atoms with Crippen molar-refractivity contribution in [3.05, 3.63) is 101 Å². The largest absolute Gasteiger partial charge is 0.445 e. The molecule has 0 amide bonds. The molecule has 0 unspecified atom stereocenters. The van der Waals surface area contributed by atoms with Crippen molar-refractivity contribution in [3.8, 4) is 22.6 Å². The molecule has 6 heteroatoms. The number of aliphatic imine (C=N–C) groups is 1. The molecule has 0 saturated carbocycles. The minimum Gasteiger partial charge on any atom is -0.445 e. The Balaban J connectivity index is 1.53. The number of nitrogens with zero attached hydrogens (tertiary/aromatic N) is 2. The van der Waals surface area contributed by atoms with Gasteiger partial charge < -0.3 is 4.42 Å². The Morgan fingerprint density at radius 3 is 2.38 bits per heavy atom. The van der Waals surface area contributed by atoms with Gasteiger partial charge in [0, 0.05) is 22.4 Å². The van der Waals surface area contributed by atoms with Gasteiger partial charge in [-0.1, -0.05) is 41.9 Å². The van der Waals surface area contributed by atoms with Crippen LogP contribution < -0.4 is 0 Å². The number of hydrogen-bond donors (Lipinski definition) is 0. The third-order valence-corrected chi connectivity index (χ3v) is 4.73. The van der Waals surface area contributed by atoms with Gasteiger partial charge in [-0.05, 0) is 41.5 Å². The van der Waals surface area contributed by atoms with Crippen molar-refractivity contribution in [2.45, 2.75) is 6.54 Å². The molecule has 1 heterocycles. The van der Waals surface area contributed by atoms with E-state index in [9.17, 15) is 8.78 Å². The Kier molecular flexibility index (Phi) is 5.49. The van der Waals surface area contributed by atoms with Crippen LogP contribution in [0, 0.1) is 11.6 Å². The molecule has 0 bridgehead atoms. The average Bonchev–Trinajstić information content (AvgIpc) is 3.26. The molecule has 4 aromatic rings. The highest BCUT2D eigenvalue weighted by atomic mass is 35.5. The molecule has 3 nitrogen and oxygen atoms in total. The van der Waals surface area contributed by atoms with E-state index in [2.05, 4.69) is 9.98 Å². The first-order valence-corrected chi connectivity index (χ1v) is 9.22. The molecule has 0 spiro atoms. The van der Waals surface area contributed by atoms with E-state index < -0.39 is 11.6 Å². The Hall–Kier alpha value is -3.31. The molecule has 0 fully saturated rings. The summed E-state index contributed by atoms with van der Waals surface area (Å²) in [5.74, 6) is -0.747. The lowest BCUT2D eigenvalue weighted by molar-refractivity contribution is 0.574. The molecule has 29 heavy (non-hydrogen) atoms. The Labute approximate surface area is 171 Å². The molecule has 0 aliphatic heterocycles. The predicted molar refractivity (Wildman–Crippen MR) is 110 cm³/mol. The van der Waals surface area contributed by atoms with Crippen LogP contribution in [-0.4, -0.2) is 11.2 Å². The third-order valence-electron chi connectivity index (χ3n) is 4.40. The van der Waals surface area contributed by atoms with Crippen LogP contribution in [0.4, 0.5) is 8.78 Å². The van der Waals surface area contributed by atoms with Gasteiger partial charge in [-0.15, -0.1) is 0 Å². The maximum atomic E-state index is 13.6. The molecule has 4 rings (SSSR count). The fraction of sp³-hybridized carbons (Fsp3) is 0.0435. The van der Waals surface area contributed by atoms with Crippen molar-refractivity contribution < 1.29 is 13.2 Å². The summed E-state index contributed by atoms with van der Waals surface area (Å²) in [6, 6.07) is 17.0. The van der Waals surface area contributed by atoms with Gasteiger partial charge in [0.25, 0.3) is 0 Å². The van der Waals surface area contributed by atoms with Crippen LogP contribution >= 0.6 is 11.6 Å². The second-order valence-electron chi connectivity index (χ2n) is 6.33. The van der Waals surface area contributed by atoms with Crippen LogP contribution in [0.25, 0.3) is 22.6 Å². The smallest absolute Gasteiger partial charge is 0.225 e. The zero-order valence-electron chi connectivity index (χ0n) is 15.1. The Bertz CT molecular complexity index is 1140. The zero-order chi connectivity index (χ0) is 20.2. The van der Waals surface area contributed by atoms with Crippen molar-refractivity contribution in [2.24, 2.45) is 4.99 Å². The van der Waals surface area contributed by atoms with Gasteiger partial charge in [0.1, 0.15) is 17.9 Å². The monoisotopic (exact) mass is 408 g/mol. The summed E-state index contributed by atoms with van der Waals surface area (Å²) < 4.78 is 32.6. The second kappa shape index (κ2) is 8.37. The summed E-state index contributed by atoms with van der Waals surface area (Å²) in [6.07, 6.45) is 4.33. The number of oxazole rings is 1. The lowest BCUT2D eigenvalue weighted by atomic mass is 10.0. The predicted octanol–water partition coefficient (Wildman–Crippen LogP) is 6.56. The van der Waals surface area contributed by atoms with Gasteiger partial charge in [-0.25, -0.2) is 13.8 Å². The van der Waals surface area contributed by atoms with E-state index in [0.717, 1.165) is 22.3 Å². The summed E-state index contributed by atoms with van der Waals surface area (Å²) >= 11 is 6.37. The van der Waals surface area contributed by atoms with Gasteiger partial charge in [-0.3, -0.25) is 4.99 Å². The van der Waals surface area contributed by atoms with Crippen molar-refractivity contribution in [1.29, 1.82) is 0 Å². The first-order valence-electron chi connectivity index (χ1n) is 8.84. The number of hydrogen-bond acceptors (Lipinski definition) is 3. The number of aromatic nitrogens is 1. The standard InChI is InChI=1S/C23H15ClF2N2O/c24-20-9-8-17(23-28-10-11-29-23)12-18(20)16-6-4-15(5-7-16)13-27-14-19-21(25)2-1-3-22(19)26/h1-12,14H,13H2. The van der Waals surface area contributed by atoms with Gasteiger partial charge in [-0.2, -0.15) is 0 Å². The Morgan fingerprint density at radius 1 is 0.966 bits per heavy atom. The molecule has 144 valence electrons. The third kappa shape index (κ3) is 4.25. The Morgan fingerprint density at radius 2 is 1.69 bits per heavy atom. The SMILES string of the molecule is Fc1cccc(F)c1C=NCc1ccc(-c2cc(-c3ncco3)ccc2Cl)cc1. The zero-order valence-corrected chi connectivity index (χ0v) is 15.9. The molecular weight excluding hydrogens is 394 g/mol. The molecule has 0 saturated heterocycles. The highest BCUT2D eigenvalue weighted by Crippen LogP contribution is 2.32. The maximum Gasteiger partial charge on any atom is 0.225 e. The van der Waals surface area contributed by atoms with E-state index in [0.29, 0.717) is 17.5 Å². The maximum absolute atomic E-state index is 13.6. The molecule has 0 aliphatic carbocycles. The fourth-order valence-corrected chi connectivity index (χ4v) is 3.14. The van der Waals surface area contributed by atoms with E-state index in [-0.39, 0.29) is 5.56 Å². The molecular formula is C23H15ClF2N2O. The normalized spacial score (nSPS) is 11.3. The van der Waals surface area contributed by atoms with E-state index in [1.807, 2.05) is 36.4 Å². The fourth-order valence-electron chi connectivity index (χ4n) is 2.91. The van der Waals surface area contributed by atoms with Gasteiger partial charge in [0.05, 0.1) is 18.3 Å². The van der Waals surface area contributed by atoms with Crippen molar-refractivity contribution in [2.75, 3.05) is 0 Å². The first kappa shape index (κ1) is 19.0. The topological polar surface area (TPSA) is 38.4 Å². The van der Waals surface area contributed by atoms with Crippen LogP contribution in [0.5, 0.6) is 0 Å². The van der Waals surface area contributed by atoms with Crippen LogP contribution in [0.1, 0.15) is 11.1 Å². The molecule has 3 aromatic carbocycles. The van der Waals surface area contributed by atoms with Crippen LogP contribution in [0.2, 0.25) is 5.02 Å². The minimum atomic E-state index is -0.635. The summed E-state index contributed by atoms with van der Waals surface area (Å²) in [4.78, 5) is 8.31. The molecule has 0 N–H and O–H groups in total. The average molecular weight is 409 g/mol. The summed E-state index contributed by atoms with van der Waals surface area (Å²) in [7, 11) is 0.